The van der Waals surface area contributed by atoms with Crippen LogP contribution in [0, 0.1) is 5.92 Å². The molecule has 1 nitrogen and oxygen atoms in total. The van der Waals surface area contributed by atoms with Crippen molar-refractivity contribution in [3.05, 3.63) is 71.8 Å². The minimum absolute atomic E-state index is 0.124. The molecule has 0 amide bonds. The van der Waals surface area contributed by atoms with Crippen LogP contribution in [-0.4, -0.2) is 12.5 Å². The number of hydrogen-bond acceptors (Lipinski definition) is 1. The summed E-state index contributed by atoms with van der Waals surface area (Å²) < 4.78 is 34.3. The van der Waals surface area contributed by atoms with Crippen molar-refractivity contribution < 1.29 is 13.5 Å². The summed E-state index contributed by atoms with van der Waals surface area (Å²) in [5.74, 6) is -2.96. The first-order valence-electron chi connectivity index (χ1n) is 7.23. The van der Waals surface area contributed by atoms with Gasteiger partial charge in [0.15, 0.2) is 0 Å². The van der Waals surface area contributed by atoms with Gasteiger partial charge in [-0.3, -0.25) is 0 Å². The molecule has 2 atom stereocenters. The van der Waals surface area contributed by atoms with Crippen LogP contribution in [0.2, 0.25) is 0 Å². The normalized spacial score (nSPS) is 24.7. The van der Waals surface area contributed by atoms with E-state index in [9.17, 15) is 8.78 Å². The van der Waals surface area contributed by atoms with Crippen molar-refractivity contribution in [2.24, 2.45) is 5.92 Å². The smallest absolute Gasteiger partial charge is 0.278 e. The van der Waals surface area contributed by atoms with E-state index in [1.807, 2.05) is 36.4 Å². The van der Waals surface area contributed by atoms with E-state index in [-0.39, 0.29) is 12.3 Å². The summed E-state index contributed by atoms with van der Waals surface area (Å²) in [5.41, 5.74) is 1.64. The van der Waals surface area contributed by atoms with Gasteiger partial charge in [0.25, 0.3) is 5.92 Å². The first-order chi connectivity index (χ1) is 10.1. The van der Waals surface area contributed by atoms with Crippen molar-refractivity contribution in [3.8, 4) is 0 Å². The molecule has 0 aromatic heterocycles. The minimum Gasteiger partial charge on any atom is -0.367 e. The highest BCUT2D eigenvalue weighted by atomic mass is 19.3. The Labute approximate surface area is 123 Å². The summed E-state index contributed by atoms with van der Waals surface area (Å²) >= 11 is 0. The fourth-order valence-electron chi connectivity index (χ4n) is 2.95. The van der Waals surface area contributed by atoms with Crippen LogP contribution >= 0.6 is 0 Å². The monoisotopic (exact) mass is 288 g/mol. The largest absolute Gasteiger partial charge is 0.367 e. The van der Waals surface area contributed by atoms with Crippen LogP contribution in [0.3, 0.4) is 0 Å². The third kappa shape index (κ3) is 3.30. The van der Waals surface area contributed by atoms with E-state index in [0.29, 0.717) is 18.6 Å². The third-order valence-corrected chi connectivity index (χ3v) is 3.91. The van der Waals surface area contributed by atoms with E-state index >= 15 is 0 Å². The number of rotatable bonds is 3. The van der Waals surface area contributed by atoms with Gasteiger partial charge in [-0.15, -0.1) is 0 Å². The van der Waals surface area contributed by atoms with Gasteiger partial charge in [0.2, 0.25) is 0 Å². The second-order valence-electron chi connectivity index (χ2n) is 5.64. The molecular formula is C18H18F2O. The Morgan fingerprint density at radius 1 is 0.952 bits per heavy atom. The van der Waals surface area contributed by atoms with Crippen LogP contribution in [0.1, 0.15) is 23.7 Å². The number of benzene rings is 2. The van der Waals surface area contributed by atoms with Crippen molar-refractivity contribution in [1.29, 1.82) is 0 Å². The van der Waals surface area contributed by atoms with Crippen molar-refractivity contribution in [3.63, 3.8) is 0 Å². The first-order valence-corrected chi connectivity index (χ1v) is 7.23. The maximum Gasteiger partial charge on any atom is 0.278 e. The number of alkyl halides is 2. The second kappa shape index (κ2) is 5.94. The topological polar surface area (TPSA) is 9.23 Å². The summed E-state index contributed by atoms with van der Waals surface area (Å²) in [4.78, 5) is 0. The van der Waals surface area contributed by atoms with Gasteiger partial charge >= 0.3 is 0 Å². The maximum atomic E-state index is 14.4. The van der Waals surface area contributed by atoms with Gasteiger partial charge < -0.3 is 4.74 Å². The molecular weight excluding hydrogens is 270 g/mol. The van der Waals surface area contributed by atoms with Crippen molar-refractivity contribution in [2.45, 2.75) is 24.9 Å². The van der Waals surface area contributed by atoms with Gasteiger partial charge in [-0.1, -0.05) is 60.7 Å². The molecule has 3 heteroatoms. The Hall–Kier alpha value is -1.74. The van der Waals surface area contributed by atoms with Crippen LogP contribution in [0.15, 0.2) is 60.7 Å². The highest BCUT2D eigenvalue weighted by Gasteiger charge is 2.46. The molecule has 1 heterocycles. The van der Waals surface area contributed by atoms with E-state index in [2.05, 4.69) is 0 Å². The van der Waals surface area contributed by atoms with Crippen LogP contribution in [0.25, 0.3) is 0 Å². The van der Waals surface area contributed by atoms with Crippen LogP contribution in [0.5, 0.6) is 0 Å². The number of ether oxygens (including phenoxy) is 1. The molecule has 1 fully saturated rings. The Morgan fingerprint density at radius 3 is 2.19 bits per heavy atom. The SMILES string of the molecule is FC1(F)C[C@H](Cc2ccccc2)CO[C@@H]1c1ccccc1. The summed E-state index contributed by atoms with van der Waals surface area (Å²) in [6.07, 6.45) is -0.606. The van der Waals surface area contributed by atoms with Gasteiger partial charge in [-0.25, -0.2) is 8.78 Å². The molecule has 1 saturated heterocycles. The summed E-state index contributed by atoms with van der Waals surface area (Å²) in [6.45, 7) is 0.379. The predicted octanol–water partition coefficient (Wildman–Crippen LogP) is 4.64. The molecule has 0 spiro atoms. The van der Waals surface area contributed by atoms with E-state index in [0.717, 1.165) is 5.56 Å². The van der Waals surface area contributed by atoms with Gasteiger partial charge in [0.1, 0.15) is 6.10 Å². The Morgan fingerprint density at radius 2 is 1.57 bits per heavy atom. The minimum atomic E-state index is -2.82. The van der Waals surface area contributed by atoms with Gasteiger partial charge in [0, 0.05) is 6.42 Å². The van der Waals surface area contributed by atoms with Gasteiger partial charge in [-0.2, -0.15) is 0 Å². The summed E-state index contributed by atoms with van der Waals surface area (Å²) in [5, 5.41) is 0. The van der Waals surface area contributed by atoms with Crippen molar-refractivity contribution >= 4 is 0 Å². The van der Waals surface area contributed by atoms with Crippen molar-refractivity contribution in [1.82, 2.24) is 0 Å². The molecule has 1 aliphatic heterocycles. The zero-order valence-corrected chi connectivity index (χ0v) is 11.7. The molecule has 0 aliphatic carbocycles. The van der Waals surface area contributed by atoms with E-state index in [4.69, 9.17) is 4.74 Å². The average molecular weight is 288 g/mol. The zero-order valence-electron chi connectivity index (χ0n) is 11.7. The fraction of sp³-hybridized carbons (Fsp3) is 0.333. The first kappa shape index (κ1) is 14.2. The van der Waals surface area contributed by atoms with Crippen LogP contribution in [-0.2, 0) is 11.2 Å². The molecule has 0 bridgehead atoms. The van der Waals surface area contributed by atoms with Crippen LogP contribution < -0.4 is 0 Å². The van der Waals surface area contributed by atoms with E-state index < -0.39 is 12.0 Å². The predicted molar refractivity (Wildman–Crippen MR) is 78.3 cm³/mol. The molecule has 110 valence electrons. The fourth-order valence-corrected chi connectivity index (χ4v) is 2.95. The molecule has 0 saturated carbocycles. The molecule has 1 aliphatic rings. The van der Waals surface area contributed by atoms with E-state index in [1.165, 1.54) is 0 Å². The number of halogens is 2. The molecule has 0 N–H and O–H groups in total. The highest BCUT2D eigenvalue weighted by Crippen LogP contribution is 2.43. The van der Waals surface area contributed by atoms with Gasteiger partial charge in [0.05, 0.1) is 6.61 Å². The summed E-state index contributed by atoms with van der Waals surface area (Å²) in [6, 6.07) is 18.5. The lowest BCUT2D eigenvalue weighted by Crippen LogP contribution is -2.39. The number of hydrogen-bond donors (Lipinski definition) is 0. The lowest BCUT2D eigenvalue weighted by molar-refractivity contribution is -0.192. The average Bonchev–Trinajstić information content (AvgIpc) is 2.48. The van der Waals surface area contributed by atoms with Crippen molar-refractivity contribution in [2.75, 3.05) is 6.61 Å². The maximum absolute atomic E-state index is 14.4. The molecule has 0 unspecified atom stereocenters. The highest BCUT2D eigenvalue weighted by molar-refractivity contribution is 5.21. The van der Waals surface area contributed by atoms with E-state index in [1.54, 1.807) is 24.3 Å². The second-order valence-corrected chi connectivity index (χ2v) is 5.64. The lowest BCUT2D eigenvalue weighted by Gasteiger charge is -2.36. The molecule has 0 radical (unpaired) electrons. The summed E-state index contributed by atoms with van der Waals surface area (Å²) in [7, 11) is 0. The molecule has 2 aromatic carbocycles. The Bertz CT molecular complexity index is 568. The molecule has 2 aromatic rings. The standard InChI is InChI=1S/C18H18F2O/c19-18(20)12-15(11-14-7-3-1-4-8-14)13-21-17(18)16-9-5-2-6-10-16/h1-10,15,17H,11-13H2/t15-,17+/m0/s1. The van der Waals surface area contributed by atoms with Crippen LogP contribution in [0.4, 0.5) is 8.78 Å². The third-order valence-electron chi connectivity index (χ3n) is 3.91. The quantitative estimate of drug-likeness (QED) is 0.799. The zero-order chi connectivity index (χ0) is 14.7. The lowest BCUT2D eigenvalue weighted by atomic mass is 9.87. The molecule has 21 heavy (non-hydrogen) atoms. The Balaban J connectivity index is 1.70. The Kier molecular flexibility index (Phi) is 4.02. The van der Waals surface area contributed by atoms with Gasteiger partial charge in [-0.05, 0) is 23.5 Å². The molecule has 3 rings (SSSR count).